The van der Waals surface area contributed by atoms with Crippen molar-refractivity contribution in [1.29, 1.82) is 5.41 Å². The Labute approximate surface area is 175 Å². The van der Waals surface area contributed by atoms with Gasteiger partial charge in [-0.05, 0) is 18.9 Å². The summed E-state index contributed by atoms with van der Waals surface area (Å²) in [5.74, 6) is 1.81. The first-order valence-corrected chi connectivity index (χ1v) is 10.5. The predicted molar refractivity (Wildman–Crippen MR) is 114 cm³/mol. The standard InChI is InChI=1S/C22H28N4O4/c23-14-18-21(24-16-5-9-28-10-6-16)25-20(26-22(18)27)13-15-3-1-2-4-19(15)30-17-7-11-29-12-8-17/h1-4,14,16-17,23H,5-13H2,(H2,24,25,26,27). The molecule has 2 aliphatic heterocycles. The third-order valence-electron chi connectivity index (χ3n) is 5.50. The van der Waals surface area contributed by atoms with Gasteiger partial charge in [0.1, 0.15) is 23.5 Å². The molecule has 8 nitrogen and oxygen atoms in total. The minimum Gasteiger partial charge on any atom is -0.490 e. The van der Waals surface area contributed by atoms with Gasteiger partial charge in [0, 0.05) is 50.3 Å². The average Bonchev–Trinajstić information content (AvgIpc) is 2.76. The van der Waals surface area contributed by atoms with Gasteiger partial charge in [-0.15, -0.1) is 0 Å². The minimum absolute atomic E-state index is 0.137. The van der Waals surface area contributed by atoms with Crippen molar-refractivity contribution in [3.8, 4) is 5.75 Å². The van der Waals surface area contributed by atoms with E-state index in [1.165, 1.54) is 0 Å². The highest BCUT2D eigenvalue weighted by molar-refractivity contribution is 5.83. The molecule has 30 heavy (non-hydrogen) atoms. The van der Waals surface area contributed by atoms with Crippen molar-refractivity contribution < 1.29 is 14.2 Å². The van der Waals surface area contributed by atoms with Gasteiger partial charge in [-0.25, -0.2) is 4.98 Å². The van der Waals surface area contributed by atoms with Crippen molar-refractivity contribution in [1.82, 2.24) is 9.97 Å². The Morgan fingerprint density at radius 1 is 1.13 bits per heavy atom. The van der Waals surface area contributed by atoms with E-state index in [2.05, 4.69) is 15.3 Å². The van der Waals surface area contributed by atoms with Gasteiger partial charge in [-0.1, -0.05) is 18.2 Å². The van der Waals surface area contributed by atoms with Crippen LogP contribution in [-0.4, -0.2) is 54.8 Å². The van der Waals surface area contributed by atoms with Crippen molar-refractivity contribution in [2.75, 3.05) is 31.7 Å². The molecular weight excluding hydrogens is 384 g/mol. The number of nitrogens with one attached hydrogen (secondary N) is 3. The third kappa shape index (κ3) is 5.06. The number of anilines is 1. The van der Waals surface area contributed by atoms with E-state index in [4.69, 9.17) is 19.6 Å². The molecule has 2 saturated heterocycles. The maximum Gasteiger partial charge on any atom is 0.261 e. The van der Waals surface area contributed by atoms with E-state index in [1.807, 2.05) is 24.3 Å². The van der Waals surface area contributed by atoms with E-state index in [0.29, 0.717) is 44.5 Å². The average molecular weight is 412 g/mol. The lowest BCUT2D eigenvalue weighted by Crippen LogP contribution is -2.30. The van der Waals surface area contributed by atoms with Crippen molar-refractivity contribution in [2.24, 2.45) is 0 Å². The summed E-state index contributed by atoms with van der Waals surface area (Å²) in [6.45, 7) is 2.80. The fourth-order valence-electron chi connectivity index (χ4n) is 3.81. The zero-order valence-corrected chi connectivity index (χ0v) is 17.0. The van der Waals surface area contributed by atoms with Gasteiger partial charge in [0.05, 0.1) is 18.8 Å². The van der Waals surface area contributed by atoms with Crippen LogP contribution >= 0.6 is 0 Å². The molecule has 0 saturated carbocycles. The van der Waals surface area contributed by atoms with Gasteiger partial charge in [-0.3, -0.25) is 4.79 Å². The van der Waals surface area contributed by atoms with Gasteiger partial charge in [0.15, 0.2) is 0 Å². The fourth-order valence-corrected chi connectivity index (χ4v) is 3.81. The molecule has 0 amide bonds. The lowest BCUT2D eigenvalue weighted by atomic mass is 10.1. The zero-order chi connectivity index (χ0) is 20.8. The smallest absolute Gasteiger partial charge is 0.261 e. The number of hydrogen-bond donors (Lipinski definition) is 3. The van der Waals surface area contributed by atoms with Crippen molar-refractivity contribution in [2.45, 2.75) is 44.2 Å². The summed E-state index contributed by atoms with van der Waals surface area (Å²) in [7, 11) is 0. The molecule has 3 heterocycles. The quantitative estimate of drug-likeness (QED) is 0.603. The lowest BCUT2D eigenvalue weighted by Gasteiger charge is -2.25. The van der Waals surface area contributed by atoms with Gasteiger partial charge in [0.25, 0.3) is 5.56 Å². The Morgan fingerprint density at radius 3 is 2.57 bits per heavy atom. The molecule has 1 aromatic heterocycles. The van der Waals surface area contributed by atoms with Crippen molar-refractivity contribution in [3.63, 3.8) is 0 Å². The Kier molecular flexibility index (Phi) is 6.76. The Hall–Kier alpha value is -2.71. The lowest BCUT2D eigenvalue weighted by molar-refractivity contribution is 0.0252. The molecule has 0 unspecified atom stereocenters. The van der Waals surface area contributed by atoms with Crippen LogP contribution in [0.2, 0.25) is 0 Å². The molecule has 2 aliphatic rings. The first kappa shape index (κ1) is 20.6. The highest BCUT2D eigenvalue weighted by Crippen LogP contribution is 2.24. The highest BCUT2D eigenvalue weighted by atomic mass is 16.5. The number of hydrogen-bond acceptors (Lipinski definition) is 7. The van der Waals surface area contributed by atoms with Crippen LogP contribution in [0.15, 0.2) is 29.1 Å². The Bertz CT molecular complexity index is 918. The molecule has 160 valence electrons. The second-order valence-electron chi connectivity index (χ2n) is 7.66. The molecule has 4 rings (SSSR count). The van der Waals surface area contributed by atoms with Crippen LogP contribution in [0, 0.1) is 5.41 Å². The van der Waals surface area contributed by atoms with Crippen LogP contribution in [0.25, 0.3) is 0 Å². The van der Waals surface area contributed by atoms with E-state index in [-0.39, 0.29) is 23.3 Å². The summed E-state index contributed by atoms with van der Waals surface area (Å²) >= 11 is 0. The second-order valence-corrected chi connectivity index (χ2v) is 7.66. The highest BCUT2D eigenvalue weighted by Gasteiger charge is 2.19. The van der Waals surface area contributed by atoms with Crippen LogP contribution in [0.4, 0.5) is 5.82 Å². The topological polar surface area (TPSA) is 109 Å². The number of para-hydroxylation sites is 1. The van der Waals surface area contributed by atoms with Crippen LogP contribution < -0.4 is 15.6 Å². The number of ether oxygens (including phenoxy) is 3. The van der Waals surface area contributed by atoms with E-state index >= 15 is 0 Å². The van der Waals surface area contributed by atoms with Gasteiger partial charge in [0.2, 0.25) is 0 Å². The van der Waals surface area contributed by atoms with Crippen LogP contribution in [0.1, 0.15) is 42.6 Å². The van der Waals surface area contributed by atoms with Gasteiger partial charge >= 0.3 is 0 Å². The minimum atomic E-state index is -0.313. The van der Waals surface area contributed by atoms with Crippen LogP contribution in [0.5, 0.6) is 5.75 Å². The van der Waals surface area contributed by atoms with Crippen LogP contribution in [0.3, 0.4) is 0 Å². The molecule has 0 atom stereocenters. The summed E-state index contributed by atoms with van der Waals surface area (Å²) in [5.41, 5.74) is 0.899. The van der Waals surface area contributed by atoms with E-state index in [9.17, 15) is 4.79 Å². The number of rotatable bonds is 7. The first-order chi connectivity index (χ1) is 14.7. The van der Waals surface area contributed by atoms with Gasteiger partial charge < -0.3 is 29.9 Å². The largest absolute Gasteiger partial charge is 0.490 e. The SMILES string of the molecule is N=Cc1c(NC2CCOCC2)nc(Cc2ccccc2OC2CCOCC2)[nH]c1=O. The molecule has 2 aromatic rings. The maximum absolute atomic E-state index is 12.6. The summed E-state index contributed by atoms with van der Waals surface area (Å²) in [5, 5.41) is 11.0. The van der Waals surface area contributed by atoms with E-state index in [0.717, 1.165) is 43.2 Å². The summed E-state index contributed by atoms with van der Waals surface area (Å²) < 4.78 is 17.0. The Balaban J connectivity index is 1.55. The molecule has 1 aromatic carbocycles. The van der Waals surface area contributed by atoms with E-state index in [1.54, 1.807) is 0 Å². The van der Waals surface area contributed by atoms with E-state index < -0.39 is 0 Å². The fraction of sp³-hybridized carbons (Fsp3) is 0.500. The molecule has 2 fully saturated rings. The number of H-pyrrole nitrogens is 1. The summed E-state index contributed by atoms with van der Waals surface area (Å²) in [6, 6.07) is 8.03. The molecule has 8 heteroatoms. The predicted octanol–water partition coefficient (Wildman–Crippen LogP) is 2.51. The summed E-state index contributed by atoms with van der Waals surface area (Å²) in [4.78, 5) is 20.0. The zero-order valence-electron chi connectivity index (χ0n) is 17.0. The van der Waals surface area contributed by atoms with Crippen LogP contribution in [-0.2, 0) is 15.9 Å². The van der Waals surface area contributed by atoms with Gasteiger partial charge in [-0.2, -0.15) is 0 Å². The Morgan fingerprint density at radius 2 is 1.83 bits per heavy atom. The molecular formula is C22H28N4O4. The molecule has 0 radical (unpaired) electrons. The molecule has 0 aliphatic carbocycles. The molecule has 0 bridgehead atoms. The number of aromatic nitrogens is 2. The third-order valence-corrected chi connectivity index (χ3v) is 5.50. The summed E-state index contributed by atoms with van der Waals surface area (Å²) in [6.07, 6.45) is 5.08. The number of nitrogens with zero attached hydrogens (tertiary/aromatic N) is 1. The monoisotopic (exact) mass is 412 g/mol. The molecule has 0 spiro atoms. The molecule has 3 N–H and O–H groups in total. The normalized spacial score (nSPS) is 18.1. The van der Waals surface area contributed by atoms with Crippen molar-refractivity contribution >= 4 is 12.0 Å². The number of aromatic amines is 1. The maximum atomic E-state index is 12.6. The second kappa shape index (κ2) is 9.86. The number of benzene rings is 1. The van der Waals surface area contributed by atoms with Crippen molar-refractivity contribution in [3.05, 3.63) is 51.6 Å². The first-order valence-electron chi connectivity index (χ1n) is 10.5.